The van der Waals surface area contributed by atoms with Gasteiger partial charge in [-0.1, -0.05) is 6.42 Å². The van der Waals surface area contributed by atoms with Gasteiger partial charge in [0.2, 0.25) is 5.95 Å². The molecule has 0 atom stereocenters. The Morgan fingerprint density at radius 1 is 1.47 bits per heavy atom. The summed E-state index contributed by atoms with van der Waals surface area (Å²) in [7, 11) is 0. The summed E-state index contributed by atoms with van der Waals surface area (Å²) in [5, 5.41) is 0. The Balaban J connectivity index is 2.08. The molecule has 1 aliphatic rings. The summed E-state index contributed by atoms with van der Waals surface area (Å²) in [6, 6.07) is 3.18. The number of nitrogens with two attached hydrogens (primary N) is 1. The summed E-state index contributed by atoms with van der Waals surface area (Å²) in [5.41, 5.74) is 7.43. The van der Waals surface area contributed by atoms with Gasteiger partial charge in [0.15, 0.2) is 0 Å². The van der Waals surface area contributed by atoms with E-state index in [9.17, 15) is 4.39 Å². The van der Waals surface area contributed by atoms with Crippen molar-refractivity contribution in [1.29, 1.82) is 0 Å². The topological polar surface area (TPSA) is 43.8 Å². The summed E-state index contributed by atoms with van der Waals surface area (Å²) in [6.07, 6.45) is 3.80. The van der Waals surface area contributed by atoms with Gasteiger partial charge in [0, 0.05) is 12.6 Å². The van der Waals surface area contributed by atoms with Crippen molar-refractivity contribution in [3.8, 4) is 0 Å². The number of hydrogen-bond acceptors (Lipinski definition) is 2. The summed E-state index contributed by atoms with van der Waals surface area (Å²) in [4.78, 5) is 4.21. The first-order valence-electron chi connectivity index (χ1n) is 5.76. The van der Waals surface area contributed by atoms with Crippen molar-refractivity contribution >= 4 is 32.9 Å². The summed E-state index contributed by atoms with van der Waals surface area (Å²) in [6.45, 7) is 0.889. The van der Waals surface area contributed by atoms with Crippen LogP contribution >= 0.6 is 15.9 Å². The van der Waals surface area contributed by atoms with E-state index in [0.717, 1.165) is 12.1 Å². The number of nitrogen functional groups attached to an aromatic ring is 1. The number of aromatic nitrogens is 2. The van der Waals surface area contributed by atoms with Crippen LogP contribution in [0.25, 0.3) is 11.0 Å². The number of imidazole rings is 1. The third kappa shape index (κ3) is 1.82. The second-order valence-electron chi connectivity index (χ2n) is 4.63. The number of hydrogen-bond donors (Lipinski definition) is 1. The summed E-state index contributed by atoms with van der Waals surface area (Å²) in [5.74, 6) is 0.869. The minimum atomic E-state index is -0.300. The number of anilines is 1. The molecule has 0 unspecified atom stereocenters. The fourth-order valence-corrected chi connectivity index (χ4v) is 2.60. The molecule has 0 bridgehead atoms. The zero-order valence-corrected chi connectivity index (χ0v) is 10.9. The van der Waals surface area contributed by atoms with Gasteiger partial charge in [-0.2, -0.15) is 0 Å². The second kappa shape index (κ2) is 3.98. The van der Waals surface area contributed by atoms with Crippen LogP contribution in [0.5, 0.6) is 0 Å². The van der Waals surface area contributed by atoms with Gasteiger partial charge >= 0.3 is 0 Å². The Kier molecular flexibility index (Phi) is 2.58. The van der Waals surface area contributed by atoms with Crippen LogP contribution in [0.3, 0.4) is 0 Å². The molecule has 1 aromatic heterocycles. The molecular formula is C12H13BrFN3. The van der Waals surface area contributed by atoms with Crippen LogP contribution < -0.4 is 5.73 Å². The lowest BCUT2D eigenvalue weighted by molar-refractivity contribution is 0.281. The van der Waals surface area contributed by atoms with Gasteiger partial charge in [-0.15, -0.1) is 0 Å². The average Bonchev–Trinajstić information content (AvgIpc) is 2.49. The maximum Gasteiger partial charge on any atom is 0.201 e. The number of nitrogens with zero attached hydrogens (tertiary/aromatic N) is 2. The largest absolute Gasteiger partial charge is 0.369 e. The van der Waals surface area contributed by atoms with Crippen LogP contribution in [0.2, 0.25) is 0 Å². The minimum absolute atomic E-state index is 0.300. The van der Waals surface area contributed by atoms with Crippen molar-refractivity contribution in [3.63, 3.8) is 0 Å². The molecule has 1 heterocycles. The quantitative estimate of drug-likeness (QED) is 0.924. The fourth-order valence-electron chi connectivity index (χ4n) is 2.26. The van der Waals surface area contributed by atoms with E-state index in [2.05, 4.69) is 20.9 Å². The molecule has 2 aromatic rings. The summed E-state index contributed by atoms with van der Waals surface area (Å²) >= 11 is 3.20. The van der Waals surface area contributed by atoms with Crippen molar-refractivity contribution in [2.75, 3.05) is 5.73 Å². The van der Waals surface area contributed by atoms with E-state index in [4.69, 9.17) is 5.73 Å². The standard InChI is InChI=1S/C12H13BrFN3/c13-8-4-11-10(5-9(8)14)16-12(15)17(11)6-7-2-1-3-7/h4-5,7H,1-3,6H2,(H2,15,16). The van der Waals surface area contributed by atoms with E-state index in [0.29, 0.717) is 21.9 Å². The van der Waals surface area contributed by atoms with Crippen LogP contribution in [0.1, 0.15) is 19.3 Å². The highest BCUT2D eigenvalue weighted by atomic mass is 79.9. The summed E-state index contributed by atoms with van der Waals surface area (Å²) < 4.78 is 15.8. The first-order chi connectivity index (χ1) is 8.15. The van der Waals surface area contributed by atoms with E-state index in [-0.39, 0.29) is 5.82 Å². The third-order valence-corrected chi connectivity index (χ3v) is 4.09. The second-order valence-corrected chi connectivity index (χ2v) is 5.49. The predicted octanol–water partition coefficient (Wildman–Crippen LogP) is 3.32. The third-order valence-electron chi connectivity index (χ3n) is 3.49. The Morgan fingerprint density at radius 2 is 2.24 bits per heavy atom. The van der Waals surface area contributed by atoms with E-state index < -0.39 is 0 Å². The van der Waals surface area contributed by atoms with Gasteiger partial charge < -0.3 is 10.3 Å². The molecule has 1 fully saturated rings. The van der Waals surface area contributed by atoms with E-state index >= 15 is 0 Å². The normalized spacial score (nSPS) is 16.4. The van der Waals surface area contributed by atoms with Gasteiger partial charge in [0.1, 0.15) is 5.82 Å². The van der Waals surface area contributed by atoms with Gasteiger partial charge in [-0.3, -0.25) is 0 Å². The molecule has 5 heteroatoms. The van der Waals surface area contributed by atoms with Gasteiger partial charge in [-0.05, 0) is 40.8 Å². The minimum Gasteiger partial charge on any atom is -0.369 e. The van der Waals surface area contributed by atoms with Gasteiger partial charge in [-0.25, -0.2) is 9.37 Å². The molecule has 0 amide bonds. The smallest absolute Gasteiger partial charge is 0.201 e. The first-order valence-corrected chi connectivity index (χ1v) is 6.55. The lowest BCUT2D eigenvalue weighted by Gasteiger charge is -2.26. The van der Waals surface area contributed by atoms with E-state index in [1.807, 2.05) is 4.57 Å². The van der Waals surface area contributed by atoms with E-state index in [1.54, 1.807) is 6.07 Å². The van der Waals surface area contributed by atoms with Crippen molar-refractivity contribution in [2.24, 2.45) is 5.92 Å². The lowest BCUT2D eigenvalue weighted by Crippen LogP contribution is -2.19. The molecule has 17 heavy (non-hydrogen) atoms. The van der Waals surface area contributed by atoms with Crippen molar-refractivity contribution in [2.45, 2.75) is 25.8 Å². The van der Waals surface area contributed by atoms with E-state index in [1.165, 1.54) is 25.3 Å². The number of benzene rings is 1. The van der Waals surface area contributed by atoms with Gasteiger partial charge in [0.05, 0.1) is 15.5 Å². The molecule has 0 spiro atoms. The molecule has 0 aliphatic heterocycles. The van der Waals surface area contributed by atoms with Crippen molar-refractivity contribution in [1.82, 2.24) is 9.55 Å². The Labute approximate surface area is 107 Å². The highest BCUT2D eigenvalue weighted by Crippen LogP contribution is 2.31. The Bertz CT molecular complexity index is 575. The van der Waals surface area contributed by atoms with Crippen LogP contribution in [0.15, 0.2) is 16.6 Å². The van der Waals surface area contributed by atoms with Crippen LogP contribution in [-0.4, -0.2) is 9.55 Å². The van der Waals surface area contributed by atoms with Crippen LogP contribution in [-0.2, 0) is 6.54 Å². The zero-order chi connectivity index (χ0) is 12.0. The monoisotopic (exact) mass is 297 g/mol. The predicted molar refractivity (Wildman–Crippen MR) is 69.1 cm³/mol. The molecule has 1 saturated carbocycles. The maximum atomic E-state index is 13.4. The van der Waals surface area contributed by atoms with Crippen molar-refractivity contribution < 1.29 is 4.39 Å². The maximum absolute atomic E-state index is 13.4. The molecule has 3 nitrogen and oxygen atoms in total. The Morgan fingerprint density at radius 3 is 2.88 bits per heavy atom. The number of rotatable bonds is 2. The molecule has 90 valence electrons. The molecule has 0 saturated heterocycles. The van der Waals surface area contributed by atoms with Crippen molar-refractivity contribution in [3.05, 3.63) is 22.4 Å². The zero-order valence-electron chi connectivity index (χ0n) is 9.29. The molecule has 0 radical (unpaired) electrons. The molecule has 1 aromatic carbocycles. The number of halogens is 2. The average molecular weight is 298 g/mol. The van der Waals surface area contributed by atoms with Crippen LogP contribution in [0.4, 0.5) is 10.3 Å². The molecule has 2 N–H and O–H groups in total. The fraction of sp³-hybridized carbons (Fsp3) is 0.417. The highest BCUT2D eigenvalue weighted by Gasteiger charge is 2.20. The van der Waals surface area contributed by atoms with Crippen LogP contribution in [0, 0.1) is 11.7 Å². The lowest BCUT2D eigenvalue weighted by atomic mass is 9.85. The molecule has 3 rings (SSSR count). The van der Waals surface area contributed by atoms with Gasteiger partial charge in [0.25, 0.3) is 0 Å². The SMILES string of the molecule is Nc1nc2cc(F)c(Br)cc2n1CC1CCC1. The molecule has 1 aliphatic carbocycles. The number of fused-ring (bicyclic) bond motifs is 1. The Hall–Kier alpha value is -1.10. The first kappa shape index (κ1) is 11.0. The molecular weight excluding hydrogens is 285 g/mol. The highest BCUT2D eigenvalue weighted by molar-refractivity contribution is 9.10.